The normalized spacial score (nSPS) is 11.4. The number of nitrogens with one attached hydrogen (secondary N) is 1. The van der Waals surface area contributed by atoms with Crippen LogP contribution in [0.5, 0.6) is 0 Å². The van der Waals surface area contributed by atoms with Crippen LogP contribution in [0, 0.1) is 0 Å². The van der Waals surface area contributed by atoms with E-state index in [1.165, 1.54) is 35.6 Å². The van der Waals surface area contributed by atoms with Crippen LogP contribution in [-0.4, -0.2) is 30.7 Å². The van der Waals surface area contributed by atoms with Gasteiger partial charge in [0.25, 0.3) is 5.56 Å². The maximum absolute atomic E-state index is 12.2. The molecule has 0 saturated carbocycles. The Hall–Kier alpha value is -1.21. The first-order valence-corrected chi connectivity index (χ1v) is 9.50. The molecule has 0 unspecified atom stereocenters. The highest BCUT2D eigenvalue weighted by Crippen LogP contribution is 2.22. The van der Waals surface area contributed by atoms with Crippen LogP contribution in [0.4, 0.5) is 0 Å². The highest BCUT2D eigenvalue weighted by atomic mass is 35.5. The Morgan fingerprint density at radius 1 is 1.22 bits per heavy atom. The number of nitrogens with zero attached hydrogens (tertiary/aromatic N) is 3. The first kappa shape index (κ1) is 18.1. The molecule has 0 amide bonds. The van der Waals surface area contributed by atoms with Crippen LogP contribution in [0.2, 0.25) is 0 Å². The fourth-order valence-corrected chi connectivity index (χ4v) is 3.52. The van der Waals surface area contributed by atoms with E-state index in [2.05, 4.69) is 16.9 Å². The molecule has 0 bridgehead atoms. The van der Waals surface area contributed by atoms with E-state index in [4.69, 9.17) is 11.6 Å². The summed E-state index contributed by atoms with van der Waals surface area (Å²) in [6.07, 6.45) is 5.74. The summed E-state index contributed by atoms with van der Waals surface area (Å²) in [5.41, 5.74) is 0.0925. The zero-order chi connectivity index (χ0) is 16.8. The molecule has 0 fully saturated rings. The highest BCUT2D eigenvalue weighted by Gasteiger charge is 2.17. The lowest BCUT2D eigenvalue weighted by atomic mass is 10.1. The lowest BCUT2D eigenvalue weighted by Gasteiger charge is -2.08. The summed E-state index contributed by atoms with van der Waals surface area (Å²) in [6.45, 7) is 2.91. The van der Waals surface area contributed by atoms with Crippen molar-refractivity contribution in [2.45, 2.75) is 50.7 Å². The van der Waals surface area contributed by atoms with Crippen LogP contribution in [-0.2, 0) is 13.6 Å². The van der Waals surface area contributed by atoms with Crippen molar-refractivity contribution in [3.05, 3.63) is 20.8 Å². The van der Waals surface area contributed by atoms with E-state index >= 15 is 0 Å². The molecule has 6 nitrogen and oxygen atoms in total. The molecule has 0 radical (unpaired) electrons. The standard InChI is InChI=1S/C15H23ClN4O2S/c1-3-4-5-6-7-9-20-11-12(17-15(20)23-10-8-16)19(2)14(22)18-13(11)21/h3-10H2,1-2H3,(H,18,21,22). The molecule has 0 atom stereocenters. The highest BCUT2D eigenvalue weighted by molar-refractivity contribution is 7.99. The summed E-state index contributed by atoms with van der Waals surface area (Å²) < 4.78 is 3.31. The Kier molecular flexibility index (Phi) is 6.77. The van der Waals surface area contributed by atoms with Gasteiger partial charge in [-0.1, -0.05) is 44.4 Å². The molecule has 8 heteroatoms. The first-order chi connectivity index (χ1) is 11.1. The number of hydrogen-bond donors (Lipinski definition) is 1. The zero-order valence-corrected chi connectivity index (χ0v) is 15.2. The number of alkyl halides is 1. The number of unbranched alkanes of at least 4 members (excludes halogenated alkanes) is 4. The van der Waals surface area contributed by atoms with E-state index in [1.807, 2.05) is 4.57 Å². The Morgan fingerprint density at radius 2 is 1.96 bits per heavy atom. The van der Waals surface area contributed by atoms with E-state index in [1.54, 1.807) is 7.05 Å². The van der Waals surface area contributed by atoms with E-state index in [0.29, 0.717) is 22.8 Å². The van der Waals surface area contributed by atoms with Gasteiger partial charge in [0.15, 0.2) is 16.3 Å². The Morgan fingerprint density at radius 3 is 2.65 bits per heavy atom. The molecule has 23 heavy (non-hydrogen) atoms. The monoisotopic (exact) mass is 358 g/mol. The summed E-state index contributed by atoms with van der Waals surface area (Å²) in [4.78, 5) is 30.8. The van der Waals surface area contributed by atoms with Crippen LogP contribution < -0.4 is 11.2 Å². The van der Waals surface area contributed by atoms with Crippen molar-refractivity contribution in [1.82, 2.24) is 19.1 Å². The van der Waals surface area contributed by atoms with Crippen molar-refractivity contribution in [2.24, 2.45) is 7.05 Å². The van der Waals surface area contributed by atoms with Gasteiger partial charge in [0, 0.05) is 25.2 Å². The van der Waals surface area contributed by atoms with Crippen LogP contribution >= 0.6 is 23.4 Å². The molecule has 0 aliphatic rings. The molecule has 0 saturated heterocycles. The topological polar surface area (TPSA) is 72.7 Å². The van der Waals surface area contributed by atoms with Gasteiger partial charge in [-0.3, -0.25) is 14.3 Å². The maximum atomic E-state index is 12.2. The van der Waals surface area contributed by atoms with Gasteiger partial charge in [0.05, 0.1) is 0 Å². The predicted octanol–water partition coefficient (Wildman–Crippen LogP) is 2.72. The van der Waals surface area contributed by atoms with Gasteiger partial charge >= 0.3 is 5.69 Å². The van der Waals surface area contributed by atoms with Crippen molar-refractivity contribution in [2.75, 3.05) is 11.6 Å². The third-order valence-electron chi connectivity index (χ3n) is 3.77. The number of thioether (sulfide) groups is 1. The van der Waals surface area contributed by atoms with Crippen molar-refractivity contribution in [3.63, 3.8) is 0 Å². The van der Waals surface area contributed by atoms with Crippen LogP contribution in [0.1, 0.15) is 39.0 Å². The smallest absolute Gasteiger partial charge is 0.313 e. The van der Waals surface area contributed by atoms with E-state index in [-0.39, 0.29) is 5.56 Å². The van der Waals surface area contributed by atoms with E-state index < -0.39 is 5.69 Å². The van der Waals surface area contributed by atoms with Crippen molar-refractivity contribution < 1.29 is 0 Å². The van der Waals surface area contributed by atoms with Gasteiger partial charge in [-0.15, -0.1) is 11.6 Å². The molecule has 128 valence electrons. The number of aromatic amines is 1. The average Bonchev–Trinajstić information content (AvgIpc) is 2.90. The molecular formula is C15H23ClN4O2S. The van der Waals surface area contributed by atoms with Crippen LogP contribution in [0.25, 0.3) is 11.2 Å². The minimum Gasteiger partial charge on any atom is -0.313 e. The molecular weight excluding hydrogens is 336 g/mol. The van der Waals surface area contributed by atoms with Gasteiger partial charge in [0.1, 0.15) is 0 Å². The first-order valence-electron chi connectivity index (χ1n) is 7.98. The predicted molar refractivity (Wildman–Crippen MR) is 95.8 cm³/mol. The minimum atomic E-state index is -0.441. The second-order valence-electron chi connectivity index (χ2n) is 5.49. The second-order valence-corrected chi connectivity index (χ2v) is 6.93. The van der Waals surface area contributed by atoms with Gasteiger partial charge in [-0.2, -0.15) is 0 Å². The number of imidazole rings is 1. The van der Waals surface area contributed by atoms with Gasteiger partial charge in [0.2, 0.25) is 0 Å². The summed E-state index contributed by atoms with van der Waals surface area (Å²) in [5, 5.41) is 0.753. The number of H-pyrrole nitrogens is 1. The summed E-state index contributed by atoms with van der Waals surface area (Å²) in [6, 6.07) is 0. The van der Waals surface area contributed by atoms with Crippen molar-refractivity contribution >= 4 is 34.5 Å². The lowest BCUT2D eigenvalue weighted by molar-refractivity contribution is 0.552. The minimum absolute atomic E-state index is 0.373. The average molecular weight is 359 g/mol. The summed E-state index contributed by atoms with van der Waals surface area (Å²) in [5.74, 6) is 1.23. The molecule has 0 aliphatic carbocycles. The van der Waals surface area contributed by atoms with Crippen molar-refractivity contribution in [3.8, 4) is 0 Å². The molecule has 0 aliphatic heterocycles. The number of aryl methyl sites for hydroxylation is 2. The fourth-order valence-electron chi connectivity index (χ4n) is 2.54. The van der Waals surface area contributed by atoms with Gasteiger partial charge in [-0.25, -0.2) is 9.78 Å². The Balaban J connectivity index is 2.36. The number of fused-ring (bicyclic) bond motifs is 1. The number of rotatable bonds is 9. The Bertz CT molecular complexity index is 765. The van der Waals surface area contributed by atoms with Gasteiger partial charge in [-0.05, 0) is 6.42 Å². The molecule has 1 N–H and O–H groups in total. The molecule has 2 heterocycles. The zero-order valence-electron chi connectivity index (χ0n) is 13.6. The number of halogens is 1. The number of hydrogen-bond acceptors (Lipinski definition) is 4. The largest absolute Gasteiger partial charge is 0.329 e. The van der Waals surface area contributed by atoms with Crippen LogP contribution in [0.3, 0.4) is 0 Å². The van der Waals surface area contributed by atoms with Crippen molar-refractivity contribution in [1.29, 1.82) is 0 Å². The molecule has 2 rings (SSSR count). The molecule has 2 aromatic heterocycles. The second kappa shape index (κ2) is 8.59. The summed E-state index contributed by atoms with van der Waals surface area (Å²) >= 11 is 7.29. The summed E-state index contributed by atoms with van der Waals surface area (Å²) in [7, 11) is 1.62. The van der Waals surface area contributed by atoms with E-state index in [0.717, 1.165) is 24.5 Å². The fraction of sp³-hybridized carbons (Fsp3) is 0.667. The molecule has 0 aromatic carbocycles. The lowest BCUT2D eigenvalue weighted by Crippen LogP contribution is -2.29. The Labute approximate surface area is 144 Å². The van der Waals surface area contributed by atoms with Crippen LogP contribution in [0.15, 0.2) is 14.7 Å². The third kappa shape index (κ3) is 4.20. The molecule has 0 spiro atoms. The SMILES string of the molecule is CCCCCCCn1c(SCCCl)nc2c1c(=O)[nH]c(=O)n2C. The third-order valence-corrected chi connectivity index (χ3v) is 5.16. The maximum Gasteiger partial charge on any atom is 0.329 e. The quantitative estimate of drug-likeness (QED) is 0.425. The van der Waals surface area contributed by atoms with Gasteiger partial charge < -0.3 is 4.57 Å². The number of aromatic nitrogens is 4. The van der Waals surface area contributed by atoms with E-state index in [9.17, 15) is 9.59 Å². The molecule has 2 aromatic rings.